The Morgan fingerprint density at radius 2 is 2.00 bits per heavy atom. The highest BCUT2D eigenvalue weighted by Gasteiger charge is 2.32. The molecule has 1 N–H and O–H groups in total. The van der Waals surface area contributed by atoms with Crippen molar-refractivity contribution in [1.82, 2.24) is 9.47 Å². The summed E-state index contributed by atoms with van der Waals surface area (Å²) in [4.78, 5) is 15.2. The molecule has 30 heavy (non-hydrogen) atoms. The van der Waals surface area contributed by atoms with Gasteiger partial charge in [0, 0.05) is 42.7 Å². The number of para-hydroxylation sites is 1. The number of rotatable bonds is 9. The minimum Gasteiger partial charge on any atom is -0.506 e. The second kappa shape index (κ2) is 9.09. The zero-order chi connectivity index (χ0) is 21.1. The fourth-order valence-electron chi connectivity index (χ4n) is 4.43. The van der Waals surface area contributed by atoms with Crippen LogP contribution in [0, 0.1) is 5.92 Å². The molecular weight excluding hydrogens is 376 g/mol. The van der Waals surface area contributed by atoms with E-state index in [1.165, 1.54) is 0 Å². The highest BCUT2D eigenvalue weighted by Crippen LogP contribution is 2.37. The number of ether oxygens (including phenoxy) is 1. The molecule has 4 rings (SSSR count). The number of allylic oxidation sites excluding steroid dienone is 2. The number of carbonyl (C=O) groups excluding carboxylic acids is 1. The molecule has 1 aliphatic heterocycles. The standard InChI is InChI=1S/C25H32N2O3/c1-3-6-18(2)30-20-11-15-26(16-12-20)13-5-14-27-17-22(25(29)19-9-10-19)21-7-4-8-23(28)24(21)27/h3-4,6-8,17,19-20,28H,2,5,9-16H2,1H3/b6-3-. The number of aryl methyl sites for hydroxylation is 1. The van der Waals surface area contributed by atoms with Crippen molar-refractivity contribution in [1.29, 1.82) is 0 Å². The molecule has 1 saturated heterocycles. The van der Waals surface area contributed by atoms with Crippen LogP contribution in [0.4, 0.5) is 0 Å². The Bertz CT molecular complexity index is 947. The molecule has 0 bridgehead atoms. The van der Waals surface area contributed by atoms with Crippen LogP contribution in [0.1, 0.15) is 49.4 Å². The molecule has 1 aliphatic carbocycles. The molecule has 0 radical (unpaired) electrons. The normalized spacial score (nSPS) is 18.3. The smallest absolute Gasteiger partial charge is 0.168 e. The zero-order valence-corrected chi connectivity index (χ0v) is 17.8. The topological polar surface area (TPSA) is 54.7 Å². The Morgan fingerprint density at radius 1 is 1.23 bits per heavy atom. The molecule has 2 aliphatic rings. The first-order valence-corrected chi connectivity index (χ1v) is 11.1. The number of aromatic nitrogens is 1. The number of Topliss-reactive ketones (excluding diaryl/α,β-unsaturated/α-hetero) is 1. The van der Waals surface area contributed by atoms with Crippen LogP contribution in [0.2, 0.25) is 0 Å². The molecule has 1 aromatic heterocycles. The molecule has 5 heteroatoms. The predicted molar refractivity (Wildman–Crippen MR) is 120 cm³/mol. The number of benzene rings is 1. The third-order valence-electron chi connectivity index (χ3n) is 6.17. The van der Waals surface area contributed by atoms with Crippen LogP contribution in [0.15, 0.2) is 48.9 Å². The first-order chi connectivity index (χ1) is 14.6. The van der Waals surface area contributed by atoms with Crippen molar-refractivity contribution in [3.05, 3.63) is 54.4 Å². The summed E-state index contributed by atoms with van der Waals surface area (Å²) in [7, 11) is 0. The van der Waals surface area contributed by atoms with Gasteiger partial charge in [0.05, 0.1) is 5.52 Å². The van der Waals surface area contributed by atoms with Crippen molar-refractivity contribution in [3.8, 4) is 5.75 Å². The summed E-state index contributed by atoms with van der Waals surface area (Å²) < 4.78 is 7.96. The molecule has 160 valence electrons. The molecule has 2 heterocycles. The lowest BCUT2D eigenvalue weighted by molar-refractivity contribution is 0.0557. The lowest BCUT2D eigenvalue weighted by atomic mass is 10.1. The molecule has 0 unspecified atom stereocenters. The zero-order valence-electron chi connectivity index (χ0n) is 17.8. The number of fused-ring (bicyclic) bond motifs is 1. The summed E-state index contributed by atoms with van der Waals surface area (Å²) in [5, 5.41) is 11.3. The van der Waals surface area contributed by atoms with Gasteiger partial charge in [-0.05, 0) is 57.7 Å². The van der Waals surface area contributed by atoms with Gasteiger partial charge < -0.3 is 19.3 Å². The van der Waals surface area contributed by atoms with Crippen molar-refractivity contribution in [2.45, 2.75) is 51.7 Å². The Hall–Kier alpha value is -2.53. The van der Waals surface area contributed by atoms with Gasteiger partial charge in [-0.25, -0.2) is 0 Å². The second-order valence-corrected chi connectivity index (χ2v) is 8.53. The highest BCUT2D eigenvalue weighted by molar-refractivity contribution is 6.10. The number of hydrogen-bond donors (Lipinski definition) is 1. The Balaban J connectivity index is 1.34. The summed E-state index contributed by atoms with van der Waals surface area (Å²) in [5.74, 6) is 1.40. The van der Waals surface area contributed by atoms with E-state index in [1.54, 1.807) is 6.07 Å². The van der Waals surface area contributed by atoms with Crippen LogP contribution >= 0.6 is 0 Å². The van der Waals surface area contributed by atoms with Crippen molar-refractivity contribution in [2.75, 3.05) is 19.6 Å². The van der Waals surface area contributed by atoms with E-state index in [-0.39, 0.29) is 23.6 Å². The van der Waals surface area contributed by atoms with Gasteiger partial charge in [0.15, 0.2) is 5.78 Å². The molecular formula is C25H32N2O3. The number of hydrogen-bond acceptors (Lipinski definition) is 4. The van der Waals surface area contributed by atoms with Gasteiger partial charge in [-0.3, -0.25) is 4.79 Å². The van der Waals surface area contributed by atoms with Gasteiger partial charge in [0.25, 0.3) is 0 Å². The van der Waals surface area contributed by atoms with Crippen LogP contribution in [-0.4, -0.2) is 46.1 Å². The minimum absolute atomic E-state index is 0.179. The van der Waals surface area contributed by atoms with Gasteiger partial charge in [0.2, 0.25) is 0 Å². The van der Waals surface area contributed by atoms with Crippen molar-refractivity contribution >= 4 is 16.7 Å². The van der Waals surface area contributed by atoms with Crippen LogP contribution < -0.4 is 0 Å². The third kappa shape index (κ3) is 4.62. The average Bonchev–Trinajstić information content (AvgIpc) is 3.51. The van der Waals surface area contributed by atoms with Crippen LogP contribution in [0.25, 0.3) is 10.9 Å². The van der Waals surface area contributed by atoms with E-state index in [0.717, 1.165) is 80.5 Å². The molecule has 5 nitrogen and oxygen atoms in total. The molecule has 1 aromatic carbocycles. The number of likely N-dealkylation sites (tertiary alicyclic amines) is 1. The van der Waals surface area contributed by atoms with E-state index in [1.807, 2.05) is 37.4 Å². The van der Waals surface area contributed by atoms with E-state index in [0.29, 0.717) is 0 Å². The van der Waals surface area contributed by atoms with Crippen molar-refractivity contribution < 1.29 is 14.6 Å². The summed E-state index contributed by atoms with van der Waals surface area (Å²) >= 11 is 0. The Morgan fingerprint density at radius 3 is 2.70 bits per heavy atom. The van der Waals surface area contributed by atoms with Gasteiger partial charge in [-0.2, -0.15) is 0 Å². The maximum atomic E-state index is 12.7. The van der Waals surface area contributed by atoms with Crippen molar-refractivity contribution in [3.63, 3.8) is 0 Å². The van der Waals surface area contributed by atoms with E-state index < -0.39 is 0 Å². The Kier molecular flexibility index (Phi) is 6.28. The number of nitrogens with zero attached hydrogens (tertiary/aromatic N) is 2. The molecule has 2 aromatic rings. The lowest BCUT2D eigenvalue weighted by Crippen LogP contribution is -2.37. The minimum atomic E-state index is 0.179. The quantitative estimate of drug-likeness (QED) is 0.364. The van der Waals surface area contributed by atoms with Gasteiger partial charge >= 0.3 is 0 Å². The SMILES string of the molecule is C=C(/C=C\C)OC1CCN(CCCn2cc(C(=O)C3CC3)c3cccc(O)c32)CC1. The molecule has 1 saturated carbocycles. The number of piperidine rings is 1. The maximum Gasteiger partial charge on any atom is 0.168 e. The number of carbonyl (C=O) groups is 1. The molecule has 2 fully saturated rings. The fourth-order valence-corrected chi connectivity index (χ4v) is 4.43. The number of aromatic hydroxyl groups is 1. The maximum absolute atomic E-state index is 12.7. The van der Waals surface area contributed by atoms with Crippen LogP contribution in [0.5, 0.6) is 5.75 Å². The van der Waals surface area contributed by atoms with Crippen LogP contribution in [0.3, 0.4) is 0 Å². The number of ketones is 1. The van der Waals surface area contributed by atoms with Gasteiger partial charge in [-0.1, -0.05) is 24.8 Å². The first kappa shape index (κ1) is 20.7. The van der Waals surface area contributed by atoms with Gasteiger partial charge in [0.1, 0.15) is 17.6 Å². The van der Waals surface area contributed by atoms with Gasteiger partial charge in [-0.15, -0.1) is 0 Å². The molecule has 0 amide bonds. The van der Waals surface area contributed by atoms with E-state index in [9.17, 15) is 9.90 Å². The molecule has 0 atom stereocenters. The summed E-state index contributed by atoms with van der Waals surface area (Å²) in [6.45, 7) is 9.74. The monoisotopic (exact) mass is 408 g/mol. The highest BCUT2D eigenvalue weighted by atomic mass is 16.5. The summed E-state index contributed by atoms with van der Waals surface area (Å²) in [6, 6.07) is 5.48. The molecule has 0 spiro atoms. The Labute approximate surface area is 178 Å². The van der Waals surface area contributed by atoms with E-state index in [2.05, 4.69) is 16.0 Å². The third-order valence-corrected chi connectivity index (χ3v) is 6.17. The van der Waals surface area contributed by atoms with E-state index >= 15 is 0 Å². The second-order valence-electron chi connectivity index (χ2n) is 8.53. The number of phenolic OH excluding ortho intramolecular Hbond substituents is 1. The van der Waals surface area contributed by atoms with Crippen molar-refractivity contribution in [2.24, 2.45) is 5.92 Å². The predicted octanol–water partition coefficient (Wildman–Crippen LogP) is 4.90. The van der Waals surface area contributed by atoms with Crippen LogP contribution in [-0.2, 0) is 11.3 Å². The fraction of sp³-hybridized carbons (Fsp3) is 0.480. The largest absolute Gasteiger partial charge is 0.506 e. The summed E-state index contributed by atoms with van der Waals surface area (Å²) in [6.07, 6.45) is 11.1. The summed E-state index contributed by atoms with van der Waals surface area (Å²) in [5.41, 5.74) is 1.55. The van der Waals surface area contributed by atoms with E-state index in [4.69, 9.17) is 4.74 Å². The lowest BCUT2D eigenvalue weighted by Gasteiger charge is -2.32. The number of phenols is 1. The first-order valence-electron chi connectivity index (χ1n) is 11.1. The average molecular weight is 409 g/mol.